The van der Waals surface area contributed by atoms with Crippen LogP contribution in [-0.2, 0) is 11.3 Å². The summed E-state index contributed by atoms with van der Waals surface area (Å²) >= 11 is 0. The van der Waals surface area contributed by atoms with Crippen molar-refractivity contribution in [3.05, 3.63) is 42.0 Å². The molecule has 1 N–H and O–H groups in total. The van der Waals surface area contributed by atoms with Crippen LogP contribution in [-0.4, -0.2) is 34.0 Å². The van der Waals surface area contributed by atoms with Gasteiger partial charge in [-0.25, -0.2) is 9.37 Å². The van der Waals surface area contributed by atoms with Crippen LogP contribution in [0.4, 0.5) is 4.39 Å². The number of hydrogen-bond donors (Lipinski definition) is 1. The lowest BCUT2D eigenvalue weighted by molar-refractivity contribution is -0.144. The highest BCUT2D eigenvalue weighted by molar-refractivity contribution is 5.70. The van der Waals surface area contributed by atoms with Gasteiger partial charge in [-0.05, 0) is 30.5 Å². The van der Waals surface area contributed by atoms with Gasteiger partial charge in [-0.15, -0.1) is 0 Å². The summed E-state index contributed by atoms with van der Waals surface area (Å²) in [6.07, 6.45) is 2.26. The van der Waals surface area contributed by atoms with E-state index >= 15 is 0 Å². The van der Waals surface area contributed by atoms with E-state index in [1.807, 2.05) is 0 Å². The molecule has 2 heterocycles. The van der Waals surface area contributed by atoms with Crippen molar-refractivity contribution >= 4 is 5.97 Å². The summed E-state index contributed by atoms with van der Waals surface area (Å²) in [6.45, 7) is 3.95. The van der Waals surface area contributed by atoms with Crippen LogP contribution >= 0.6 is 0 Å². The lowest BCUT2D eigenvalue weighted by Gasteiger charge is -2.34. The van der Waals surface area contributed by atoms with Gasteiger partial charge in [0.2, 0.25) is 5.89 Å². The first-order valence-electron chi connectivity index (χ1n) is 7.67. The Kier molecular flexibility index (Phi) is 4.43. The van der Waals surface area contributed by atoms with E-state index in [0.717, 1.165) is 12.2 Å². The van der Waals surface area contributed by atoms with Gasteiger partial charge >= 0.3 is 5.97 Å². The Balaban J connectivity index is 1.70. The van der Waals surface area contributed by atoms with Gasteiger partial charge in [-0.3, -0.25) is 9.69 Å². The summed E-state index contributed by atoms with van der Waals surface area (Å²) in [5.41, 5.74) is 1.31. The minimum Gasteiger partial charge on any atom is -0.481 e. The molecule has 1 fully saturated rings. The molecule has 23 heavy (non-hydrogen) atoms. The largest absolute Gasteiger partial charge is 0.481 e. The van der Waals surface area contributed by atoms with Crippen molar-refractivity contribution < 1.29 is 18.7 Å². The maximum atomic E-state index is 13.3. The van der Waals surface area contributed by atoms with Gasteiger partial charge in [0.15, 0.2) is 0 Å². The van der Waals surface area contributed by atoms with Crippen LogP contribution < -0.4 is 0 Å². The quantitative estimate of drug-likeness (QED) is 0.938. The molecule has 0 amide bonds. The average molecular weight is 318 g/mol. The number of carboxylic acids is 1. The molecule has 0 radical (unpaired) electrons. The van der Waals surface area contributed by atoms with Crippen molar-refractivity contribution in [2.24, 2.45) is 11.8 Å². The fourth-order valence-electron chi connectivity index (χ4n) is 3.13. The molecule has 1 aliphatic rings. The van der Waals surface area contributed by atoms with Crippen molar-refractivity contribution in [1.29, 1.82) is 0 Å². The zero-order valence-corrected chi connectivity index (χ0v) is 12.9. The third kappa shape index (κ3) is 3.76. The molecule has 3 rings (SSSR count). The smallest absolute Gasteiger partial charge is 0.307 e. The van der Waals surface area contributed by atoms with Crippen molar-refractivity contribution in [3.63, 3.8) is 0 Å². The number of likely N-dealkylation sites (tertiary alicyclic amines) is 1. The standard InChI is InChI=1S/C17H19FN2O3/c1-11-5-13(17(21)22)8-20(7-11)9-15-10-23-16(19-15)12-3-2-4-14(18)6-12/h2-4,6,10-11,13H,5,7-9H2,1H3,(H,21,22). The van der Waals surface area contributed by atoms with Gasteiger partial charge in [0, 0.05) is 25.2 Å². The van der Waals surface area contributed by atoms with Crippen molar-refractivity contribution in [2.75, 3.05) is 13.1 Å². The fraction of sp³-hybridized carbons (Fsp3) is 0.412. The Labute approximate surface area is 133 Å². The van der Waals surface area contributed by atoms with Crippen molar-refractivity contribution in [1.82, 2.24) is 9.88 Å². The van der Waals surface area contributed by atoms with Crippen LogP contribution in [0.1, 0.15) is 19.0 Å². The number of oxazole rings is 1. The van der Waals surface area contributed by atoms with Gasteiger partial charge in [0.1, 0.15) is 12.1 Å². The van der Waals surface area contributed by atoms with Crippen molar-refractivity contribution in [2.45, 2.75) is 19.9 Å². The molecular formula is C17H19FN2O3. The molecule has 6 heteroatoms. The molecular weight excluding hydrogens is 299 g/mol. The van der Waals surface area contributed by atoms with E-state index < -0.39 is 5.97 Å². The molecule has 0 aliphatic carbocycles. The maximum absolute atomic E-state index is 13.3. The second-order valence-electron chi connectivity index (χ2n) is 6.22. The third-order valence-corrected chi connectivity index (χ3v) is 4.09. The van der Waals surface area contributed by atoms with Crippen LogP contribution in [0.25, 0.3) is 11.5 Å². The molecule has 0 spiro atoms. The molecule has 1 aromatic carbocycles. The SMILES string of the molecule is CC1CC(C(=O)O)CN(Cc2coc(-c3cccc(F)c3)n2)C1. The highest BCUT2D eigenvalue weighted by Crippen LogP contribution is 2.24. The first-order valence-corrected chi connectivity index (χ1v) is 7.67. The number of carboxylic acid groups (broad SMARTS) is 1. The normalized spacial score (nSPS) is 22.2. The summed E-state index contributed by atoms with van der Waals surface area (Å²) in [6, 6.07) is 6.09. The van der Waals surface area contributed by atoms with E-state index in [1.165, 1.54) is 12.1 Å². The molecule has 0 saturated carbocycles. The number of aliphatic carboxylic acids is 1. The Morgan fingerprint density at radius 1 is 1.48 bits per heavy atom. The average Bonchev–Trinajstić information content (AvgIpc) is 2.95. The van der Waals surface area contributed by atoms with Gasteiger partial charge in [0.25, 0.3) is 0 Å². The number of nitrogens with zero attached hydrogens (tertiary/aromatic N) is 2. The Bertz CT molecular complexity index is 701. The summed E-state index contributed by atoms with van der Waals surface area (Å²) in [5, 5.41) is 9.22. The second kappa shape index (κ2) is 6.50. The van der Waals surface area contributed by atoms with Crippen LogP contribution in [0.15, 0.2) is 34.9 Å². The number of carbonyl (C=O) groups is 1. The lowest BCUT2D eigenvalue weighted by Crippen LogP contribution is -2.42. The monoisotopic (exact) mass is 318 g/mol. The minimum atomic E-state index is -0.748. The zero-order valence-electron chi connectivity index (χ0n) is 12.9. The highest BCUT2D eigenvalue weighted by Gasteiger charge is 2.29. The number of piperidine rings is 1. The van der Waals surface area contributed by atoms with Crippen LogP contribution in [0.3, 0.4) is 0 Å². The van der Waals surface area contributed by atoms with Crippen LogP contribution in [0.2, 0.25) is 0 Å². The Hall–Kier alpha value is -2.21. The fourth-order valence-corrected chi connectivity index (χ4v) is 3.13. The zero-order chi connectivity index (χ0) is 16.4. The number of halogens is 1. The summed E-state index contributed by atoms with van der Waals surface area (Å²) in [7, 11) is 0. The Morgan fingerprint density at radius 2 is 2.30 bits per heavy atom. The predicted molar refractivity (Wildman–Crippen MR) is 82.1 cm³/mol. The van der Waals surface area contributed by atoms with Gasteiger partial charge in [-0.1, -0.05) is 13.0 Å². The Morgan fingerprint density at radius 3 is 3.04 bits per heavy atom. The first kappa shape index (κ1) is 15.7. The maximum Gasteiger partial charge on any atom is 0.307 e. The number of benzene rings is 1. The van der Waals surface area contributed by atoms with E-state index in [1.54, 1.807) is 18.4 Å². The van der Waals surface area contributed by atoms with Gasteiger partial charge in [-0.2, -0.15) is 0 Å². The lowest BCUT2D eigenvalue weighted by atomic mass is 9.90. The van der Waals surface area contributed by atoms with Gasteiger partial charge < -0.3 is 9.52 Å². The minimum absolute atomic E-state index is 0.333. The van der Waals surface area contributed by atoms with E-state index in [9.17, 15) is 14.3 Å². The molecule has 1 saturated heterocycles. The highest BCUT2D eigenvalue weighted by atomic mass is 19.1. The molecule has 2 atom stereocenters. The number of aromatic nitrogens is 1. The number of rotatable bonds is 4. The molecule has 2 aromatic rings. The summed E-state index contributed by atoms with van der Waals surface area (Å²) in [5.74, 6) is -0.717. The molecule has 5 nitrogen and oxygen atoms in total. The van der Waals surface area contributed by atoms with Crippen LogP contribution in [0.5, 0.6) is 0 Å². The van der Waals surface area contributed by atoms with Crippen LogP contribution in [0, 0.1) is 17.7 Å². The summed E-state index contributed by atoms with van der Waals surface area (Å²) < 4.78 is 18.7. The number of hydrogen-bond acceptors (Lipinski definition) is 4. The van der Waals surface area contributed by atoms with E-state index in [0.29, 0.717) is 36.9 Å². The van der Waals surface area contributed by atoms with Crippen molar-refractivity contribution in [3.8, 4) is 11.5 Å². The summed E-state index contributed by atoms with van der Waals surface area (Å²) in [4.78, 5) is 17.7. The molecule has 1 aromatic heterocycles. The van der Waals surface area contributed by atoms with E-state index in [4.69, 9.17) is 4.42 Å². The topological polar surface area (TPSA) is 66.6 Å². The third-order valence-electron chi connectivity index (χ3n) is 4.09. The predicted octanol–water partition coefficient (Wildman–Crippen LogP) is 3.02. The first-order chi connectivity index (χ1) is 11.0. The molecule has 2 unspecified atom stereocenters. The molecule has 1 aliphatic heterocycles. The molecule has 122 valence electrons. The van der Waals surface area contributed by atoms with E-state index in [-0.39, 0.29) is 11.7 Å². The van der Waals surface area contributed by atoms with E-state index in [2.05, 4.69) is 16.8 Å². The van der Waals surface area contributed by atoms with Gasteiger partial charge in [0.05, 0.1) is 11.6 Å². The second-order valence-corrected chi connectivity index (χ2v) is 6.22. The molecule has 0 bridgehead atoms.